The maximum Gasteiger partial charge on any atom is 0.272 e. The van der Waals surface area contributed by atoms with E-state index >= 15 is 0 Å². The number of benzene rings is 2. The van der Waals surface area contributed by atoms with Crippen molar-refractivity contribution >= 4 is 5.91 Å². The number of nitrogens with zero attached hydrogens (tertiary/aromatic N) is 2. The zero-order valence-corrected chi connectivity index (χ0v) is 12.8. The number of hydrogen-bond acceptors (Lipinski definition) is 3. The van der Waals surface area contributed by atoms with Crippen LogP contribution in [0, 0.1) is 5.82 Å². The van der Waals surface area contributed by atoms with Crippen molar-refractivity contribution in [3.8, 4) is 5.69 Å². The maximum absolute atomic E-state index is 13.3. The summed E-state index contributed by atoms with van der Waals surface area (Å²) in [5, 5.41) is 16.2. The average molecular weight is 325 g/mol. The van der Waals surface area contributed by atoms with Gasteiger partial charge < -0.3 is 10.4 Å². The Morgan fingerprint density at radius 1 is 1.12 bits per heavy atom. The predicted octanol–water partition coefficient (Wildman–Crippen LogP) is 2.43. The number of aliphatic hydroxyl groups excluding tert-OH is 1. The summed E-state index contributed by atoms with van der Waals surface area (Å²) in [5.41, 5.74) is 2.39. The van der Waals surface area contributed by atoms with Gasteiger partial charge in [-0.3, -0.25) is 4.79 Å². The van der Waals surface area contributed by atoms with Gasteiger partial charge in [-0.1, -0.05) is 30.3 Å². The number of halogens is 1. The largest absolute Gasteiger partial charge is 0.392 e. The van der Waals surface area contributed by atoms with E-state index in [2.05, 4.69) is 10.4 Å². The average Bonchev–Trinajstić information content (AvgIpc) is 3.10. The minimum Gasteiger partial charge on any atom is -0.392 e. The first-order valence-electron chi connectivity index (χ1n) is 7.45. The fourth-order valence-electron chi connectivity index (χ4n) is 2.36. The predicted molar refractivity (Wildman–Crippen MR) is 87.1 cm³/mol. The fourth-order valence-corrected chi connectivity index (χ4v) is 2.36. The molecule has 0 saturated carbocycles. The zero-order chi connectivity index (χ0) is 16.9. The first kappa shape index (κ1) is 15.9. The molecular formula is C18H16FN3O2. The highest BCUT2D eigenvalue weighted by Gasteiger charge is 2.11. The molecule has 1 aromatic heterocycles. The van der Waals surface area contributed by atoms with Gasteiger partial charge in [-0.05, 0) is 35.4 Å². The Hall–Kier alpha value is -2.99. The van der Waals surface area contributed by atoms with E-state index in [1.54, 1.807) is 30.5 Å². The van der Waals surface area contributed by atoms with Gasteiger partial charge in [0.15, 0.2) is 5.69 Å². The van der Waals surface area contributed by atoms with Crippen molar-refractivity contribution in [2.24, 2.45) is 0 Å². The first-order valence-corrected chi connectivity index (χ1v) is 7.45. The van der Waals surface area contributed by atoms with E-state index in [1.807, 2.05) is 18.2 Å². The number of hydrogen-bond donors (Lipinski definition) is 2. The molecule has 2 aromatic carbocycles. The highest BCUT2D eigenvalue weighted by Crippen LogP contribution is 2.11. The summed E-state index contributed by atoms with van der Waals surface area (Å²) in [5.74, 6) is -0.701. The second-order valence-electron chi connectivity index (χ2n) is 5.23. The number of nitrogens with one attached hydrogen (secondary N) is 1. The molecule has 0 aliphatic rings. The topological polar surface area (TPSA) is 67.2 Å². The molecule has 2 N–H and O–H groups in total. The molecule has 3 rings (SSSR count). The molecule has 0 radical (unpaired) electrons. The zero-order valence-electron chi connectivity index (χ0n) is 12.8. The Balaban J connectivity index is 1.70. The van der Waals surface area contributed by atoms with E-state index in [1.165, 1.54) is 16.8 Å². The molecule has 0 fully saturated rings. The molecule has 0 saturated heterocycles. The molecule has 1 amide bonds. The van der Waals surface area contributed by atoms with E-state index in [4.69, 9.17) is 0 Å². The number of amides is 1. The van der Waals surface area contributed by atoms with Crippen molar-refractivity contribution in [1.82, 2.24) is 15.1 Å². The van der Waals surface area contributed by atoms with Crippen molar-refractivity contribution in [3.63, 3.8) is 0 Å². The molecule has 0 bridgehead atoms. The summed E-state index contributed by atoms with van der Waals surface area (Å²) in [7, 11) is 0. The lowest BCUT2D eigenvalue weighted by Gasteiger charge is -2.08. The third-order valence-electron chi connectivity index (χ3n) is 3.62. The van der Waals surface area contributed by atoms with Crippen LogP contribution in [0.1, 0.15) is 21.6 Å². The second kappa shape index (κ2) is 7.06. The molecule has 3 aromatic rings. The second-order valence-corrected chi connectivity index (χ2v) is 5.23. The van der Waals surface area contributed by atoms with Gasteiger partial charge >= 0.3 is 0 Å². The quantitative estimate of drug-likeness (QED) is 0.757. The van der Waals surface area contributed by atoms with Gasteiger partial charge in [0.05, 0.1) is 12.3 Å². The molecule has 24 heavy (non-hydrogen) atoms. The van der Waals surface area contributed by atoms with Crippen molar-refractivity contribution < 1.29 is 14.3 Å². The van der Waals surface area contributed by atoms with Crippen molar-refractivity contribution in [2.45, 2.75) is 13.2 Å². The molecule has 0 spiro atoms. The van der Waals surface area contributed by atoms with Gasteiger partial charge in [0.25, 0.3) is 5.91 Å². The van der Waals surface area contributed by atoms with Crippen LogP contribution >= 0.6 is 0 Å². The van der Waals surface area contributed by atoms with E-state index in [0.29, 0.717) is 12.2 Å². The monoisotopic (exact) mass is 325 g/mol. The highest BCUT2D eigenvalue weighted by molar-refractivity contribution is 5.92. The molecule has 122 valence electrons. The van der Waals surface area contributed by atoms with Crippen molar-refractivity contribution in [3.05, 3.63) is 83.4 Å². The standard InChI is InChI=1S/C18H16FN3O2/c19-15-6-3-7-16(10-15)22-9-8-17(21-22)18(24)20-11-13-4-1-2-5-14(13)12-23/h1-10,23H,11-12H2,(H,20,24). The lowest BCUT2D eigenvalue weighted by Crippen LogP contribution is -2.24. The maximum atomic E-state index is 13.3. The minimum absolute atomic E-state index is 0.0831. The number of aromatic nitrogens is 2. The lowest BCUT2D eigenvalue weighted by molar-refractivity contribution is 0.0945. The first-order chi connectivity index (χ1) is 11.7. The van der Waals surface area contributed by atoms with Gasteiger partial charge in [0.2, 0.25) is 0 Å². The minimum atomic E-state index is -0.366. The molecule has 5 nitrogen and oxygen atoms in total. The van der Waals surface area contributed by atoms with Crippen LogP contribution in [-0.4, -0.2) is 20.8 Å². The fraction of sp³-hybridized carbons (Fsp3) is 0.111. The third kappa shape index (κ3) is 3.49. The molecular weight excluding hydrogens is 309 g/mol. The molecule has 0 unspecified atom stereocenters. The number of carbonyl (C=O) groups excluding carboxylic acids is 1. The van der Waals surface area contributed by atoms with Gasteiger partial charge in [-0.2, -0.15) is 5.10 Å². The van der Waals surface area contributed by atoms with Crippen LogP contribution in [0.2, 0.25) is 0 Å². The Kier molecular flexibility index (Phi) is 4.67. The molecule has 0 aliphatic carbocycles. The summed E-state index contributed by atoms with van der Waals surface area (Å²) in [6.45, 7) is 0.211. The molecule has 0 aliphatic heterocycles. The molecule has 6 heteroatoms. The van der Waals surface area contributed by atoms with Gasteiger partial charge in [0.1, 0.15) is 5.82 Å². The third-order valence-corrected chi connectivity index (χ3v) is 3.62. The van der Waals surface area contributed by atoms with Gasteiger partial charge in [-0.25, -0.2) is 9.07 Å². The van der Waals surface area contributed by atoms with Crippen LogP contribution in [0.4, 0.5) is 4.39 Å². The number of rotatable bonds is 5. The Bertz CT molecular complexity index is 861. The Labute approximate surface area is 138 Å². The highest BCUT2D eigenvalue weighted by atomic mass is 19.1. The molecule has 1 heterocycles. The van der Waals surface area contributed by atoms with E-state index in [0.717, 1.165) is 11.1 Å². The van der Waals surface area contributed by atoms with Crippen LogP contribution in [0.3, 0.4) is 0 Å². The summed E-state index contributed by atoms with van der Waals surface area (Å²) >= 11 is 0. The van der Waals surface area contributed by atoms with Gasteiger partial charge in [-0.15, -0.1) is 0 Å². The van der Waals surface area contributed by atoms with Crippen LogP contribution < -0.4 is 5.32 Å². The van der Waals surface area contributed by atoms with Crippen LogP contribution in [-0.2, 0) is 13.2 Å². The van der Waals surface area contributed by atoms with Crippen molar-refractivity contribution in [1.29, 1.82) is 0 Å². The van der Waals surface area contributed by atoms with Crippen molar-refractivity contribution in [2.75, 3.05) is 0 Å². The number of carbonyl (C=O) groups is 1. The normalized spacial score (nSPS) is 10.6. The lowest BCUT2D eigenvalue weighted by atomic mass is 10.1. The summed E-state index contributed by atoms with van der Waals surface area (Å²) < 4.78 is 14.7. The van der Waals surface area contributed by atoms with Gasteiger partial charge in [0, 0.05) is 12.7 Å². The van der Waals surface area contributed by atoms with Crippen LogP contribution in [0.15, 0.2) is 60.8 Å². The molecule has 0 atom stereocenters. The summed E-state index contributed by atoms with van der Waals surface area (Å²) in [4.78, 5) is 12.2. The van der Waals surface area contributed by atoms with E-state index in [9.17, 15) is 14.3 Å². The SMILES string of the molecule is O=C(NCc1ccccc1CO)c1ccn(-c2cccc(F)c2)n1. The Morgan fingerprint density at radius 2 is 1.92 bits per heavy atom. The summed E-state index contributed by atoms with van der Waals surface area (Å²) in [6, 6.07) is 14.9. The van der Waals surface area contributed by atoms with E-state index in [-0.39, 0.29) is 24.0 Å². The summed E-state index contributed by atoms with van der Waals surface area (Å²) in [6.07, 6.45) is 1.60. The van der Waals surface area contributed by atoms with Crippen LogP contribution in [0.5, 0.6) is 0 Å². The van der Waals surface area contributed by atoms with Crippen LogP contribution in [0.25, 0.3) is 5.69 Å². The Morgan fingerprint density at radius 3 is 2.67 bits per heavy atom. The smallest absolute Gasteiger partial charge is 0.272 e. The number of aliphatic hydroxyl groups is 1. The van der Waals surface area contributed by atoms with E-state index < -0.39 is 0 Å².